The molecule has 1 saturated carbocycles. The Hall–Kier alpha value is -1.52. The Labute approximate surface area is 141 Å². The fourth-order valence-electron chi connectivity index (χ4n) is 3.36. The van der Waals surface area contributed by atoms with Crippen LogP contribution in [0.3, 0.4) is 0 Å². The molecule has 0 aliphatic heterocycles. The third-order valence-electron chi connectivity index (χ3n) is 4.69. The van der Waals surface area contributed by atoms with E-state index in [4.69, 9.17) is 4.74 Å². The van der Waals surface area contributed by atoms with Crippen LogP contribution < -0.4 is 0 Å². The van der Waals surface area contributed by atoms with E-state index < -0.39 is 12.1 Å². The highest BCUT2D eigenvalue weighted by atomic mass is 19.4. The minimum atomic E-state index is -4.11. The maximum Gasteiger partial charge on any atom is 0.391 e. The van der Waals surface area contributed by atoms with Crippen LogP contribution in [0.15, 0.2) is 18.2 Å². The van der Waals surface area contributed by atoms with Gasteiger partial charge in [-0.25, -0.2) is 4.79 Å². The van der Waals surface area contributed by atoms with Crippen LogP contribution in [-0.4, -0.2) is 18.8 Å². The molecule has 2 rings (SSSR count). The number of hydrogen-bond acceptors (Lipinski definition) is 2. The SMILES string of the molecule is Cc1cccc(C2CCC(C(F)(F)F)CC2)c1C(=O)OCC(C)C. The summed E-state index contributed by atoms with van der Waals surface area (Å²) < 4.78 is 43.9. The van der Waals surface area contributed by atoms with Crippen LogP contribution in [-0.2, 0) is 4.74 Å². The lowest BCUT2D eigenvalue weighted by molar-refractivity contribution is -0.182. The Kier molecular flexibility index (Phi) is 5.94. The lowest BCUT2D eigenvalue weighted by Crippen LogP contribution is -2.27. The van der Waals surface area contributed by atoms with Crippen LogP contribution >= 0.6 is 0 Å². The third kappa shape index (κ3) is 4.52. The zero-order valence-electron chi connectivity index (χ0n) is 14.5. The number of hydrogen-bond donors (Lipinski definition) is 0. The molecule has 0 unspecified atom stereocenters. The fourth-order valence-corrected chi connectivity index (χ4v) is 3.36. The maximum atomic E-state index is 12.8. The smallest absolute Gasteiger partial charge is 0.391 e. The van der Waals surface area contributed by atoms with Crippen molar-refractivity contribution in [3.63, 3.8) is 0 Å². The van der Waals surface area contributed by atoms with E-state index in [1.807, 2.05) is 39.0 Å². The second-order valence-corrected chi connectivity index (χ2v) is 7.12. The van der Waals surface area contributed by atoms with Crippen molar-refractivity contribution in [2.45, 2.75) is 58.5 Å². The third-order valence-corrected chi connectivity index (χ3v) is 4.69. The van der Waals surface area contributed by atoms with Crippen LogP contribution in [0.1, 0.15) is 66.9 Å². The molecule has 0 radical (unpaired) electrons. The van der Waals surface area contributed by atoms with Gasteiger partial charge < -0.3 is 4.74 Å². The molecular formula is C19H25F3O2. The quantitative estimate of drug-likeness (QED) is 0.662. The summed E-state index contributed by atoms with van der Waals surface area (Å²) in [5, 5.41) is 0. The molecule has 0 saturated heterocycles. The van der Waals surface area contributed by atoms with Gasteiger partial charge in [0.15, 0.2) is 0 Å². The van der Waals surface area contributed by atoms with Gasteiger partial charge in [0.1, 0.15) is 0 Å². The van der Waals surface area contributed by atoms with Crippen molar-refractivity contribution < 1.29 is 22.7 Å². The summed E-state index contributed by atoms with van der Waals surface area (Å²) in [5.74, 6) is -1.35. The zero-order chi connectivity index (χ0) is 17.9. The number of ether oxygens (including phenoxy) is 1. The molecule has 5 heteroatoms. The predicted molar refractivity (Wildman–Crippen MR) is 87.1 cm³/mol. The van der Waals surface area contributed by atoms with Crippen LogP contribution in [0.2, 0.25) is 0 Å². The molecule has 1 aliphatic rings. The van der Waals surface area contributed by atoms with Gasteiger partial charge in [-0.1, -0.05) is 32.0 Å². The highest BCUT2D eigenvalue weighted by molar-refractivity contribution is 5.93. The van der Waals surface area contributed by atoms with E-state index in [0.717, 1.165) is 11.1 Å². The highest BCUT2D eigenvalue weighted by Gasteiger charge is 2.42. The van der Waals surface area contributed by atoms with Crippen LogP contribution in [0.25, 0.3) is 0 Å². The first kappa shape index (κ1) is 18.8. The first-order valence-electron chi connectivity index (χ1n) is 8.53. The minimum Gasteiger partial charge on any atom is -0.462 e. The molecular weight excluding hydrogens is 317 g/mol. The van der Waals surface area contributed by atoms with Crippen molar-refractivity contribution in [2.75, 3.05) is 6.61 Å². The second kappa shape index (κ2) is 7.58. The van der Waals surface area contributed by atoms with Gasteiger partial charge in [0.2, 0.25) is 0 Å². The van der Waals surface area contributed by atoms with Crippen molar-refractivity contribution in [3.8, 4) is 0 Å². The Morgan fingerprint density at radius 2 is 1.83 bits per heavy atom. The summed E-state index contributed by atoms with van der Waals surface area (Å²) in [7, 11) is 0. The number of alkyl halides is 3. The molecule has 1 fully saturated rings. The molecule has 0 N–H and O–H groups in total. The molecule has 0 spiro atoms. The molecule has 0 heterocycles. The van der Waals surface area contributed by atoms with Crippen molar-refractivity contribution in [3.05, 3.63) is 34.9 Å². The Morgan fingerprint density at radius 3 is 2.38 bits per heavy atom. The van der Waals surface area contributed by atoms with Gasteiger partial charge >= 0.3 is 12.1 Å². The van der Waals surface area contributed by atoms with Crippen molar-refractivity contribution >= 4 is 5.97 Å². The second-order valence-electron chi connectivity index (χ2n) is 7.12. The molecule has 134 valence electrons. The Balaban J connectivity index is 2.17. The van der Waals surface area contributed by atoms with E-state index in [-0.39, 0.29) is 30.6 Å². The molecule has 1 aromatic carbocycles. The van der Waals surface area contributed by atoms with Gasteiger partial charge in [0.05, 0.1) is 18.1 Å². The normalized spacial score (nSPS) is 21.8. The number of esters is 1. The lowest BCUT2D eigenvalue weighted by atomic mass is 9.76. The van der Waals surface area contributed by atoms with E-state index >= 15 is 0 Å². The molecule has 24 heavy (non-hydrogen) atoms. The maximum absolute atomic E-state index is 12.8. The highest BCUT2D eigenvalue weighted by Crippen LogP contribution is 2.43. The average Bonchev–Trinajstić information content (AvgIpc) is 2.51. The number of halogens is 3. The van der Waals surface area contributed by atoms with Gasteiger partial charge in [0, 0.05) is 0 Å². The summed E-state index contributed by atoms with van der Waals surface area (Å²) in [6, 6.07) is 5.56. The van der Waals surface area contributed by atoms with E-state index in [1.165, 1.54) is 0 Å². The molecule has 1 aromatic rings. The van der Waals surface area contributed by atoms with Gasteiger partial charge in [-0.2, -0.15) is 13.2 Å². The van der Waals surface area contributed by atoms with Crippen LogP contribution in [0.5, 0.6) is 0 Å². The predicted octanol–water partition coefficient (Wildman–Crippen LogP) is 5.64. The number of benzene rings is 1. The van der Waals surface area contributed by atoms with Gasteiger partial charge in [0.25, 0.3) is 0 Å². The Morgan fingerprint density at radius 1 is 1.21 bits per heavy atom. The van der Waals surface area contributed by atoms with Gasteiger partial charge in [-0.05, 0) is 55.6 Å². The van der Waals surface area contributed by atoms with E-state index in [1.54, 1.807) is 0 Å². The summed E-state index contributed by atoms with van der Waals surface area (Å²) in [5.41, 5.74) is 2.19. The average molecular weight is 342 g/mol. The van der Waals surface area contributed by atoms with E-state index in [0.29, 0.717) is 25.0 Å². The molecule has 0 amide bonds. The first-order chi connectivity index (χ1) is 11.2. The largest absolute Gasteiger partial charge is 0.462 e. The standard InChI is InChI=1S/C19H25F3O2/c1-12(2)11-24-18(23)17-13(3)5-4-6-16(17)14-7-9-15(10-8-14)19(20,21)22/h4-6,12,14-15H,7-11H2,1-3H3. The fraction of sp³-hybridized carbons (Fsp3) is 0.632. The summed E-state index contributed by atoms with van der Waals surface area (Å²) >= 11 is 0. The summed E-state index contributed by atoms with van der Waals surface area (Å²) in [6.45, 7) is 6.11. The number of aryl methyl sites for hydroxylation is 1. The molecule has 0 atom stereocenters. The van der Waals surface area contributed by atoms with E-state index in [2.05, 4.69) is 0 Å². The Bertz CT molecular complexity index is 570. The molecule has 0 aromatic heterocycles. The summed E-state index contributed by atoms with van der Waals surface area (Å²) in [4.78, 5) is 12.5. The minimum absolute atomic E-state index is 0.00917. The first-order valence-corrected chi connectivity index (χ1v) is 8.53. The van der Waals surface area contributed by atoms with Gasteiger partial charge in [-0.3, -0.25) is 0 Å². The van der Waals surface area contributed by atoms with Crippen molar-refractivity contribution in [1.82, 2.24) is 0 Å². The summed E-state index contributed by atoms with van der Waals surface area (Å²) in [6.07, 6.45) is -2.95. The molecule has 0 bridgehead atoms. The number of carbonyl (C=O) groups excluding carboxylic acids is 1. The van der Waals surface area contributed by atoms with E-state index in [9.17, 15) is 18.0 Å². The monoisotopic (exact) mass is 342 g/mol. The van der Waals surface area contributed by atoms with Crippen LogP contribution in [0.4, 0.5) is 13.2 Å². The topological polar surface area (TPSA) is 26.3 Å². The van der Waals surface area contributed by atoms with Crippen LogP contribution in [0, 0.1) is 18.8 Å². The molecule has 1 aliphatic carbocycles. The number of carbonyl (C=O) groups is 1. The van der Waals surface area contributed by atoms with Crippen molar-refractivity contribution in [1.29, 1.82) is 0 Å². The number of rotatable bonds is 4. The molecule has 2 nitrogen and oxygen atoms in total. The zero-order valence-corrected chi connectivity index (χ0v) is 14.5. The lowest BCUT2D eigenvalue weighted by Gasteiger charge is -2.31. The van der Waals surface area contributed by atoms with Crippen molar-refractivity contribution in [2.24, 2.45) is 11.8 Å². The van der Waals surface area contributed by atoms with Gasteiger partial charge in [-0.15, -0.1) is 0 Å².